The average Bonchev–Trinajstić information content (AvgIpc) is 2.78. The summed E-state index contributed by atoms with van der Waals surface area (Å²) < 4.78 is 33.6. The molecule has 0 aliphatic carbocycles. The van der Waals surface area contributed by atoms with Crippen molar-refractivity contribution in [2.45, 2.75) is 6.04 Å². The molecule has 0 unspecified atom stereocenters. The zero-order chi connectivity index (χ0) is 25.2. The van der Waals surface area contributed by atoms with Gasteiger partial charge in [0, 0.05) is 33.5 Å². The Morgan fingerprint density at radius 3 is 2.09 bits per heavy atom. The van der Waals surface area contributed by atoms with Gasteiger partial charge in [0.05, 0.1) is 30.2 Å². The van der Waals surface area contributed by atoms with Crippen molar-refractivity contribution in [1.82, 2.24) is 4.90 Å². The van der Waals surface area contributed by atoms with E-state index in [-0.39, 0.29) is 23.3 Å². The van der Waals surface area contributed by atoms with Crippen LogP contribution >= 0.6 is 39.1 Å². The van der Waals surface area contributed by atoms with Crippen molar-refractivity contribution >= 4 is 60.8 Å². The first kappa shape index (κ1) is 26.0. The Morgan fingerprint density at radius 2 is 1.57 bits per heavy atom. The van der Waals surface area contributed by atoms with Crippen LogP contribution in [-0.2, 0) is 14.8 Å². The number of carbonyl (C=O) groups is 1. The number of halogens is 3. The van der Waals surface area contributed by atoms with Crippen molar-refractivity contribution in [2.75, 3.05) is 30.7 Å². The van der Waals surface area contributed by atoms with Gasteiger partial charge in [0.15, 0.2) is 0 Å². The third-order valence-electron chi connectivity index (χ3n) is 5.77. The van der Waals surface area contributed by atoms with Gasteiger partial charge in [0.25, 0.3) is 0 Å². The number of rotatable bonds is 8. The molecule has 35 heavy (non-hydrogen) atoms. The zero-order valence-corrected chi connectivity index (χ0v) is 22.7. The molecule has 184 valence electrons. The molecule has 0 amide bonds. The Hall–Kier alpha value is -2.10. The van der Waals surface area contributed by atoms with Crippen molar-refractivity contribution in [3.8, 4) is 0 Å². The lowest BCUT2D eigenvalue weighted by Crippen LogP contribution is -2.51. The molecule has 1 aliphatic rings. The van der Waals surface area contributed by atoms with Crippen LogP contribution in [0, 0.1) is 5.92 Å². The van der Waals surface area contributed by atoms with Crippen LogP contribution in [0.15, 0.2) is 71.2 Å². The van der Waals surface area contributed by atoms with E-state index in [9.17, 15) is 13.2 Å². The van der Waals surface area contributed by atoms with Crippen LogP contribution in [-0.4, -0.2) is 45.2 Å². The molecule has 1 N–H and O–H groups in total. The highest BCUT2D eigenvalue weighted by atomic mass is 79.9. The van der Waals surface area contributed by atoms with Crippen molar-refractivity contribution in [2.24, 2.45) is 5.92 Å². The van der Waals surface area contributed by atoms with E-state index in [4.69, 9.17) is 27.9 Å². The third-order valence-corrected chi connectivity index (χ3v) is 8.19. The van der Waals surface area contributed by atoms with Crippen molar-refractivity contribution < 1.29 is 17.9 Å². The largest absolute Gasteiger partial charge is 0.465 e. The van der Waals surface area contributed by atoms with Gasteiger partial charge in [-0.25, -0.2) is 13.2 Å². The van der Waals surface area contributed by atoms with Gasteiger partial charge in [-0.3, -0.25) is 9.62 Å². The molecule has 1 fully saturated rings. The van der Waals surface area contributed by atoms with Crippen molar-refractivity contribution in [3.63, 3.8) is 0 Å². The predicted octanol–water partition coefficient (Wildman–Crippen LogP) is 6.01. The minimum absolute atomic E-state index is 0.0302. The Kier molecular flexibility index (Phi) is 8.08. The molecular formula is C25H23BrCl2N2O4S. The first-order chi connectivity index (χ1) is 16.6. The molecule has 0 atom stereocenters. The number of ether oxygens (including phenoxy) is 1. The molecule has 0 radical (unpaired) electrons. The van der Waals surface area contributed by atoms with Crippen LogP contribution in [0.5, 0.6) is 0 Å². The number of benzene rings is 3. The highest BCUT2D eigenvalue weighted by Crippen LogP contribution is 2.36. The number of hydrogen-bond acceptors (Lipinski definition) is 5. The van der Waals surface area contributed by atoms with E-state index in [1.807, 2.05) is 48.5 Å². The van der Waals surface area contributed by atoms with E-state index in [1.54, 1.807) is 12.1 Å². The van der Waals surface area contributed by atoms with Gasteiger partial charge in [-0.05, 0) is 53.6 Å². The van der Waals surface area contributed by atoms with Crippen LogP contribution in [0.3, 0.4) is 0 Å². The van der Waals surface area contributed by atoms with E-state index >= 15 is 0 Å². The zero-order valence-electron chi connectivity index (χ0n) is 18.7. The van der Waals surface area contributed by atoms with Crippen LogP contribution in [0.1, 0.15) is 27.5 Å². The summed E-state index contributed by atoms with van der Waals surface area (Å²) in [5.41, 5.74) is 2.69. The second-order valence-corrected chi connectivity index (χ2v) is 12.0. The molecule has 0 spiro atoms. The van der Waals surface area contributed by atoms with E-state index in [0.717, 1.165) is 11.1 Å². The van der Waals surface area contributed by atoms with Gasteiger partial charge >= 0.3 is 5.97 Å². The number of anilines is 1. The maximum absolute atomic E-state index is 12.9. The van der Waals surface area contributed by atoms with Gasteiger partial charge in [-0.1, -0.05) is 63.4 Å². The number of hydrogen-bond donors (Lipinski definition) is 1. The molecule has 1 aliphatic heterocycles. The first-order valence-corrected chi connectivity index (χ1v) is 14.0. The molecular weight excluding hydrogens is 575 g/mol. The lowest BCUT2D eigenvalue weighted by Gasteiger charge is -2.44. The minimum Gasteiger partial charge on any atom is -0.465 e. The molecule has 6 nitrogen and oxygen atoms in total. The summed E-state index contributed by atoms with van der Waals surface area (Å²) in [4.78, 5) is 14.1. The molecule has 0 aromatic heterocycles. The molecule has 10 heteroatoms. The van der Waals surface area contributed by atoms with Crippen LogP contribution in [0.4, 0.5) is 5.69 Å². The normalized spacial score (nSPS) is 14.5. The molecule has 1 heterocycles. The number of carbonyl (C=O) groups excluding carboxylic acids is 1. The van der Waals surface area contributed by atoms with E-state index < -0.39 is 16.0 Å². The molecule has 3 aromatic rings. The van der Waals surface area contributed by atoms with E-state index in [1.165, 1.54) is 13.2 Å². The fourth-order valence-electron chi connectivity index (χ4n) is 4.25. The number of nitrogens with zero attached hydrogens (tertiary/aromatic N) is 1. The monoisotopic (exact) mass is 596 g/mol. The van der Waals surface area contributed by atoms with Gasteiger partial charge in [0.2, 0.25) is 10.0 Å². The van der Waals surface area contributed by atoms with E-state index in [0.29, 0.717) is 33.3 Å². The van der Waals surface area contributed by atoms with Crippen LogP contribution in [0.25, 0.3) is 0 Å². The Morgan fingerprint density at radius 1 is 1.03 bits per heavy atom. The first-order valence-electron chi connectivity index (χ1n) is 10.8. The third kappa shape index (κ3) is 6.57. The summed E-state index contributed by atoms with van der Waals surface area (Å²) in [5, 5.41) is 1.32. The van der Waals surface area contributed by atoms with Crippen LogP contribution < -0.4 is 4.72 Å². The fraction of sp³-hybridized carbons (Fsp3) is 0.240. The fourth-order valence-corrected chi connectivity index (χ4v) is 6.38. The molecule has 3 aromatic carbocycles. The Balaban J connectivity index is 1.45. The quantitative estimate of drug-likeness (QED) is 0.322. The molecule has 0 bridgehead atoms. The van der Waals surface area contributed by atoms with Gasteiger partial charge < -0.3 is 4.74 Å². The summed E-state index contributed by atoms with van der Waals surface area (Å²) >= 11 is 15.5. The number of esters is 1. The number of likely N-dealkylation sites (tertiary alicyclic amines) is 1. The number of nitrogens with one attached hydrogen (secondary N) is 1. The highest BCUT2D eigenvalue weighted by molar-refractivity contribution is 9.10. The molecule has 4 rings (SSSR count). The maximum Gasteiger partial charge on any atom is 0.337 e. The summed E-state index contributed by atoms with van der Waals surface area (Å²) in [6.45, 7) is 1.23. The van der Waals surface area contributed by atoms with Crippen LogP contribution in [0.2, 0.25) is 10.0 Å². The van der Waals surface area contributed by atoms with Crippen molar-refractivity contribution in [3.05, 3.63) is 97.9 Å². The predicted molar refractivity (Wildman–Crippen MR) is 143 cm³/mol. The average molecular weight is 598 g/mol. The Bertz CT molecular complexity index is 1270. The lowest BCUT2D eigenvalue weighted by molar-refractivity contribution is 0.0600. The van der Waals surface area contributed by atoms with Gasteiger partial charge in [-0.15, -0.1) is 0 Å². The van der Waals surface area contributed by atoms with E-state index in [2.05, 4.69) is 25.6 Å². The van der Waals surface area contributed by atoms with Gasteiger partial charge in [-0.2, -0.15) is 0 Å². The maximum atomic E-state index is 12.9. The summed E-state index contributed by atoms with van der Waals surface area (Å²) in [5.74, 6) is -0.615. The topological polar surface area (TPSA) is 75.7 Å². The highest BCUT2D eigenvalue weighted by Gasteiger charge is 2.36. The SMILES string of the molecule is COC(=O)c1cc(Br)cc(NS(=O)(=O)CC2CN(C(c3ccc(Cl)cc3)c3ccc(Cl)cc3)C2)c1. The minimum atomic E-state index is -3.63. The molecule has 1 saturated heterocycles. The summed E-state index contributed by atoms with van der Waals surface area (Å²) in [7, 11) is -2.36. The second-order valence-electron chi connectivity index (χ2n) is 8.43. The van der Waals surface area contributed by atoms with Crippen molar-refractivity contribution in [1.29, 1.82) is 0 Å². The Labute approximate surface area is 223 Å². The van der Waals surface area contributed by atoms with Gasteiger partial charge in [0.1, 0.15) is 0 Å². The summed E-state index contributed by atoms with van der Waals surface area (Å²) in [6.07, 6.45) is 0. The summed E-state index contributed by atoms with van der Waals surface area (Å²) in [6, 6.07) is 19.9. The standard InChI is InChI=1S/C25H23BrCl2N2O4S/c1-34-25(31)19-10-20(26)12-23(11-19)29-35(32,33)15-16-13-30(14-16)24(17-2-6-21(27)7-3-17)18-4-8-22(28)9-5-18/h2-12,16,24,29H,13-15H2,1H3. The lowest BCUT2D eigenvalue weighted by atomic mass is 9.91. The second kappa shape index (κ2) is 10.9. The number of methoxy groups -OCH3 is 1. The molecule has 0 saturated carbocycles. The number of sulfonamides is 1. The smallest absolute Gasteiger partial charge is 0.337 e.